The number of rotatable bonds is 11. The minimum atomic E-state index is -3.14. The summed E-state index contributed by atoms with van der Waals surface area (Å²) in [5, 5.41) is 5.08. The molecule has 2 saturated heterocycles. The molecule has 2 fully saturated rings. The van der Waals surface area contributed by atoms with Crippen LogP contribution >= 0.6 is 46.4 Å². The van der Waals surface area contributed by atoms with E-state index in [2.05, 4.69) is 14.9 Å². The van der Waals surface area contributed by atoms with E-state index in [1.807, 2.05) is 4.90 Å². The third kappa shape index (κ3) is 9.41. The molecule has 0 saturated carbocycles. The first-order chi connectivity index (χ1) is 20.5. The Morgan fingerprint density at radius 1 is 1.02 bits per heavy atom. The molecule has 0 aliphatic carbocycles. The number of halogens is 6. The van der Waals surface area contributed by atoms with Crippen LogP contribution in [0.2, 0.25) is 20.1 Å². The monoisotopic (exact) mass is 676 g/mol. The highest BCUT2D eigenvalue weighted by Gasteiger charge is 2.31. The molecule has 0 spiro atoms. The van der Waals surface area contributed by atoms with Crippen LogP contribution in [0.15, 0.2) is 41.6 Å². The number of nitrogens with zero attached hydrogens (tertiary/aromatic N) is 4. The highest BCUT2D eigenvalue weighted by atomic mass is 35.5. The topological polar surface area (TPSA) is 65.5 Å². The fourth-order valence-corrected chi connectivity index (χ4v) is 6.59. The fourth-order valence-electron chi connectivity index (χ4n) is 5.76. The lowest BCUT2D eigenvalue weighted by molar-refractivity contribution is -0.136. The normalized spacial score (nSPS) is 17.8. The van der Waals surface area contributed by atoms with Gasteiger partial charge in [0.05, 0.1) is 22.3 Å². The molecular formula is C30H34Cl4F2N4O3. The van der Waals surface area contributed by atoms with Gasteiger partial charge < -0.3 is 19.5 Å². The predicted molar refractivity (Wildman–Crippen MR) is 167 cm³/mol. The van der Waals surface area contributed by atoms with Crippen molar-refractivity contribution < 1.29 is 23.2 Å². The zero-order valence-electron chi connectivity index (χ0n) is 23.8. The number of amides is 2. The van der Waals surface area contributed by atoms with Gasteiger partial charge in [0.15, 0.2) is 0 Å². The number of hydrogen-bond donors (Lipinski definition) is 0. The molecule has 234 valence electrons. The van der Waals surface area contributed by atoms with Gasteiger partial charge in [-0.1, -0.05) is 57.6 Å². The van der Waals surface area contributed by atoms with E-state index < -0.39 is 18.4 Å². The highest BCUT2D eigenvalue weighted by Crippen LogP contribution is 2.31. The lowest BCUT2D eigenvalue weighted by Gasteiger charge is -2.40. The molecule has 13 heteroatoms. The summed E-state index contributed by atoms with van der Waals surface area (Å²) < 4.78 is 26.4. The molecule has 2 amide bonds. The van der Waals surface area contributed by atoms with E-state index >= 15 is 0 Å². The van der Waals surface area contributed by atoms with Gasteiger partial charge in [-0.05, 0) is 74.5 Å². The van der Waals surface area contributed by atoms with Crippen molar-refractivity contribution in [3.63, 3.8) is 0 Å². The molecule has 4 rings (SSSR count). The minimum absolute atomic E-state index is 0.111. The Labute approximate surface area is 270 Å². The van der Waals surface area contributed by atoms with Crippen molar-refractivity contribution in [3.05, 3.63) is 67.6 Å². The van der Waals surface area contributed by atoms with Crippen LogP contribution in [0.25, 0.3) is 0 Å². The number of oxime groups is 1. The second kappa shape index (κ2) is 15.7. The van der Waals surface area contributed by atoms with Crippen molar-refractivity contribution in [2.45, 2.75) is 57.1 Å². The number of carbonyl (C=O) groups excluding carboxylic acids is 2. The van der Waals surface area contributed by atoms with E-state index in [4.69, 9.17) is 46.4 Å². The van der Waals surface area contributed by atoms with Gasteiger partial charge in [0.1, 0.15) is 0 Å². The molecular weight excluding hydrogens is 644 g/mol. The lowest BCUT2D eigenvalue weighted by Crippen LogP contribution is -2.49. The van der Waals surface area contributed by atoms with Crippen molar-refractivity contribution in [2.24, 2.45) is 5.16 Å². The Hall–Kier alpha value is -2.17. The summed E-state index contributed by atoms with van der Waals surface area (Å²) in [6.45, 7) is -0.206. The molecule has 1 atom stereocenters. The van der Waals surface area contributed by atoms with Crippen LogP contribution in [0.4, 0.5) is 8.78 Å². The quantitative estimate of drug-likeness (QED) is 0.181. The molecule has 2 aliphatic heterocycles. The molecule has 2 heterocycles. The van der Waals surface area contributed by atoms with E-state index in [9.17, 15) is 18.4 Å². The van der Waals surface area contributed by atoms with Crippen LogP contribution in [-0.2, 0) is 9.63 Å². The average molecular weight is 678 g/mol. The smallest absolute Gasteiger partial charge is 0.340 e. The van der Waals surface area contributed by atoms with Crippen LogP contribution in [0.1, 0.15) is 60.4 Å². The molecule has 43 heavy (non-hydrogen) atoms. The summed E-state index contributed by atoms with van der Waals surface area (Å²) in [5.41, 5.74) is 1.17. The van der Waals surface area contributed by atoms with Crippen LogP contribution < -0.4 is 0 Å². The number of hydrogen-bond acceptors (Lipinski definition) is 5. The standard InChI is InChI=1S/C30H34Cl4F2N4O3/c1-38(29(42)20-14-21(31)17-22(32)15-20)18-27(37-43-30(35)36)24(19-5-6-25(33)26(34)16-19)9-13-39-11-7-23(8-12-39)40-10-3-2-4-28(40)41/h5-6,14-17,23-24,30H,2-4,7-13,18H2,1H3/b37-27+. The summed E-state index contributed by atoms with van der Waals surface area (Å²) in [6, 6.07) is 9.81. The average Bonchev–Trinajstić information content (AvgIpc) is 2.97. The first-order valence-electron chi connectivity index (χ1n) is 14.2. The van der Waals surface area contributed by atoms with E-state index in [1.54, 1.807) is 18.2 Å². The van der Waals surface area contributed by atoms with Gasteiger partial charge in [-0.25, -0.2) is 0 Å². The maximum absolute atomic E-state index is 13.3. The van der Waals surface area contributed by atoms with Crippen molar-refractivity contribution in [3.8, 4) is 0 Å². The molecule has 0 bridgehead atoms. The summed E-state index contributed by atoms with van der Waals surface area (Å²) in [4.78, 5) is 35.8. The van der Waals surface area contributed by atoms with Crippen LogP contribution in [0, 0.1) is 0 Å². The summed E-state index contributed by atoms with van der Waals surface area (Å²) in [7, 11) is 1.54. The Kier molecular flexibility index (Phi) is 12.3. The molecule has 0 radical (unpaired) electrons. The minimum Gasteiger partial charge on any atom is -0.340 e. The van der Waals surface area contributed by atoms with Crippen LogP contribution in [-0.4, -0.2) is 84.7 Å². The highest BCUT2D eigenvalue weighted by molar-refractivity contribution is 6.42. The maximum Gasteiger partial charge on any atom is 0.407 e. The number of alkyl halides is 2. The molecule has 0 aromatic heterocycles. The second-order valence-corrected chi connectivity index (χ2v) is 12.6. The van der Waals surface area contributed by atoms with E-state index in [-0.39, 0.29) is 29.8 Å². The molecule has 2 aromatic rings. The number of carbonyl (C=O) groups is 2. The van der Waals surface area contributed by atoms with Gasteiger partial charge in [-0.3, -0.25) is 9.59 Å². The SMILES string of the molecule is CN(C/C(=N\OC(F)F)C(CCN1CCC(N2CCCCC2=O)CC1)c1ccc(Cl)c(Cl)c1)C(=O)c1cc(Cl)cc(Cl)c1. The zero-order valence-corrected chi connectivity index (χ0v) is 26.8. The molecule has 2 aromatic carbocycles. The Morgan fingerprint density at radius 3 is 2.35 bits per heavy atom. The zero-order chi connectivity index (χ0) is 31.1. The van der Waals surface area contributed by atoms with Crippen molar-refractivity contribution >= 4 is 63.9 Å². The van der Waals surface area contributed by atoms with Crippen LogP contribution in [0.3, 0.4) is 0 Å². The lowest BCUT2D eigenvalue weighted by atomic mass is 9.89. The van der Waals surface area contributed by atoms with Gasteiger partial charge >= 0.3 is 6.61 Å². The van der Waals surface area contributed by atoms with Crippen LogP contribution in [0.5, 0.6) is 0 Å². The molecule has 1 unspecified atom stereocenters. The largest absolute Gasteiger partial charge is 0.407 e. The van der Waals surface area contributed by atoms with Gasteiger partial charge in [0.2, 0.25) is 5.91 Å². The molecule has 2 aliphatic rings. The van der Waals surface area contributed by atoms with Crippen molar-refractivity contribution in [2.75, 3.05) is 39.8 Å². The van der Waals surface area contributed by atoms with Gasteiger partial charge in [0.25, 0.3) is 5.91 Å². The summed E-state index contributed by atoms with van der Waals surface area (Å²) >= 11 is 24.7. The summed E-state index contributed by atoms with van der Waals surface area (Å²) in [6.07, 6.45) is 4.85. The van der Waals surface area contributed by atoms with E-state index in [0.29, 0.717) is 45.0 Å². The van der Waals surface area contributed by atoms with Gasteiger partial charge in [-0.2, -0.15) is 8.78 Å². The van der Waals surface area contributed by atoms with E-state index in [0.717, 1.165) is 45.3 Å². The van der Waals surface area contributed by atoms with Crippen molar-refractivity contribution in [1.29, 1.82) is 0 Å². The van der Waals surface area contributed by atoms with Gasteiger partial charge in [0, 0.05) is 60.7 Å². The Balaban J connectivity index is 1.53. The summed E-state index contributed by atoms with van der Waals surface area (Å²) in [5.74, 6) is -0.701. The second-order valence-electron chi connectivity index (χ2n) is 10.9. The first-order valence-corrected chi connectivity index (χ1v) is 15.7. The number of likely N-dealkylation sites (tertiary alicyclic amines) is 2. The number of benzene rings is 2. The third-order valence-electron chi connectivity index (χ3n) is 7.95. The van der Waals surface area contributed by atoms with Crippen molar-refractivity contribution in [1.82, 2.24) is 14.7 Å². The third-order valence-corrected chi connectivity index (χ3v) is 9.12. The first kappa shape index (κ1) is 33.7. The fraction of sp³-hybridized carbons (Fsp3) is 0.500. The van der Waals surface area contributed by atoms with Gasteiger partial charge in [-0.15, -0.1) is 0 Å². The Bertz CT molecular complexity index is 1300. The maximum atomic E-state index is 13.3. The number of piperidine rings is 2. The molecule has 7 nitrogen and oxygen atoms in total. The van der Waals surface area contributed by atoms with E-state index in [1.165, 1.54) is 30.1 Å². The Morgan fingerprint density at radius 2 is 1.72 bits per heavy atom. The predicted octanol–water partition coefficient (Wildman–Crippen LogP) is 7.62. The molecule has 0 N–H and O–H groups in total.